The first-order valence-corrected chi connectivity index (χ1v) is 11.6. The lowest BCUT2D eigenvalue weighted by molar-refractivity contribution is -0.119. The molecule has 1 fully saturated rings. The smallest absolute Gasteiger partial charge is 0.252 e. The highest BCUT2D eigenvalue weighted by molar-refractivity contribution is 7.94. The Morgan fingerprint density at radius 2 is 1.90 bits per heavy atom. The molecule has 31 heavy (non-hydrogen) atoms. The normalized spacial score (nSPS) is 19.0. The highest BCUT2D eigenvalue weighted by Gasteiger charge is 2.42. The monoisotopic (exact) mass is 467 g/mol. The molecule has 2 amide bonds. The summed E-state index contributed by atoms with van der Waals surface area (Å²) in [5, 5.41) is 2.83. The molecule has 2 unspecified atom stereocenters. The van der Waals surface area contributed by atoms with Gasteiger partial charge in [-0.25, -0.2) is 17.1 Å². The number of hydrogen-bond acceptors (Lipinski definition) is 5. The van der Waals surface area contributed by atoms with Crippen molar-refractivity contribution < 1.29 is 22.4 Å². The van der Waals surface area contributed by atoms with E-state index in [0.717, 1.165) is 9.87 Å². The summed E-state index contributed by atoms with van der Waals surface area (Å²) in [5.41, 5.74) is 1.09. The summed E-state index contributed by atoms with van der Waals surface area (Å²) in [5.74, 6) is -2.22. The zero-order chi connectivity index (χ0) is 22.9. The van der Waals surface area contributed by atoms with E-state index < -0.39 is 27.8 Å². The van der Waals surface area contributed by atoms with Gasteiger partial charge >= 0.3 is 0 Å². The van der Waals surface area contributed by atoms with E-state index in [9.17, 15) is 22.4 Å². The van der Waals surface area contributed by atoms with E-state index in [0.29, 0.717) is 0 Å². The van der Waals surface area contributed by atoms with Crippen molar-refractivity contribution in [3.8, 4) is 0 Å². The first-order chi connectivity index (χ1) is 14.5. The third-order valence-electron chi connectivity index (χ3n) is 5.13. The number of likely N-dealkylation sites (N-methyl/N-ethyl adjacent to an activating group) is 1. The van der Waals surface area contributed by atoms with Crippen LogP contribution in [0.2, 0.25) is 5.02 Å². The number of hydrogen-bond donors (Lipinski definition) is 1. The molecule has 1 aliphatic heterocycles. The molecule has 0 radical (unpaired) electrons. The minimum Gasteiger partial charge on any atom is -0.350 e. The summed E-state index contributed by atoms with van der Waals surface area (Å²) < 4.78 is 38.5. The predicted molar refractivity (Wildman–Crippen MR) is 117 cm³/mol. The molecular formula is C21H23ClFN3O4S. The van der Waals surface area contributed by atoms with Gasteiger partial charge in [-0.15, -0.1) is 0 Å². The number of anilines is 1. The maximum Gasteiger partial charge on any atom is 0.252 e. The van der Waals surface area contributed by atoms with Crippen molar-refractivity contribution in [2.45, 2.75) is 13.0 Å². The summed E-state index contributed by atoms with van der Waals surface area (Å²) in [6.07, 6.45) is 0. The average Bonchev–Trinajstić information content (AvgIpc) is 2.89. The van der Waals surface area contributed by atoms with Crippen LogP contribution in [0.1, 0.15) is 28.9 Å². The van der Waals surface area contributed by atoms with E-state index in [1.807, 2.05) is 19.0 Å². The SMILES string of the molecule is CC1CS(=O)(=O)N(c2ccc(C(=O)NCC(c3ccc(F)cc3)N(C)C)c(Cl)c2)C1=O. The fourth-order valence-electron chi connectivity index (χ4n) is 3.47. The Bertz CT molecular complexity index is 1110. The van der Waals surface area contributed by atoms with Gasteiger partial charge in [-0.05, 0) is 50.0 Å². The molecule has 0 aliphatic carbocycles. The second-order valence-electron chi connectivity index (χ2n) is 7.69. The Hall–Kier alpha value is -2.49. The lowest BCUT2D eigenvalue weighted by Crippen LogP contribution is -2.34. The zero-order valence-electron chi connectivity index (χ0n) is 17.3. The fourth-order valence-corrected chi connectivity index (χ4v) is 5.54. The summed E-state index contributed by atoms with van der Waals surface area (Å²) in [4.78, 5) is 26.8. The molecular weight excluding hydrogens is 445 g/mol. The van der Waals surface area contributed by atoms with Crippen LogP contribution in [0.15, 0.2) is 42.5 Å². The van der Waals surface area contributed by atoms with E-state index in [-0.39, 0.29) is 40.4 Å². The second kappa shape index (κ2) is 8.94. The molecule has 10 heteroatoms. The summed E-state index contributed by atoms with van der Waals surface area (Å²) in [7, 11) is -0.0733. The van der Waals surface area contributed by atoms with Gasteiger partial charge in [0, 0.05) is 6.54 Å². The quantitative estimate of drug-likeness (QED) is 0.706. The Labute approximate surface area is 185 Å². The van der Waals surface area contributed by atoms with Gasteiger partial charge in [0.2, 0.25) is 15.9 Å². The van der Waals surface area contributed by atoms with Crippen LogP contribution >= 0.6 is 11.6 Å². The molecule has 166 valence electrons. The number of amides is 2. The molecule has 1 aliphatic rings. The number of nitrogens with one attached hydrogen (secondary N) is 1. The molecule has 2 aromatic carbocycles. The zero-order valence-corrected chi connectivity index (χ0v) is 18.9. The number of nitrogens with zero attached hydrogens (tertiary/aromatic N) is 2. The highest BCUT2D eigenvalue weighted by Crippen LogP contribution is 2.31. The molecule has 0 aromatic heterocycles. The van der Waals surface area contributed by atoms with Crippen molar-refractivity contribution in [1.82, 2.24) is 10.2 Å². The molecule has 2 atom stereocenters. The average molecular weight is 468 g/mol. The predicted octanol–water partition coefficient (Wildman–Crippen LogP) is 2.82. The van der Waals surface area contributed by atoms with Crippen LogP contribution in [0.25, 0.3) is 0 Å². The van der Waals surface area contributed by atoms with Crippen molar-refractivity contribution >= 4 is 39.1 Å². The van der Waals surface area contributed by atoms with Crippen LogP contribution in [0.4, 0.5) is 10.1 Å². The number of benzene rings is 2. The number of rotatable bonds is 6. The Morgan fingerprint density at radius 1 is 1.26 bits per heavy atom. The Morgan fingerprint density at radius 3 is 2.42 bits per heavy atom. The Balaban J connectivity index is 1.76. The number of carbonyl (C=O) groups excluding carboxylic acids is 2. The summed E-state index contributed by atoms with van der Waals surface area (Å²) in [6.45, 7) is 1.79. The van der Waals surface area contributed by atoms with Gasteiger partial charge in [0.25, 0.3) is 5.91 Å². The topological polar surface area (TPSA) is 86.8 Å². The lowest BCUT2D eigenvalue weighted by Gasteiger charge is -2.25. The van der Waals surface area contributed by atoms with E-state index in [1.54, 1.807) is 19.1 Å². The van der Waals surface area contributed by atoms with Crippen LogP contribution in [0.5, 0.6) is 0 Å². The summed E-state index contributed by atoms with van der Waals surface area (Å²) >= 11 is 6.25. The van der Waals surface area contributed by atoms with Gasteiger partial charge in [0.15, 0.2) is 0 Å². The first-order valence-electron chi connectivity index (χ1n) is 9.57. The van der Waals surface area contributed by atoms with Gasteiger partial charge in [0.05, 0.1) is 34.0 Å². The molecule has 2 aromatic rings. The molecule has 1 N–H and O–H groups in total. The number of sulfonamides is 1. The van der Waals surface area contributed by atoms with E-state index >= 15 is 0 Å². The van der Waals surface area contributed by atoms with Crippen molar-refractivity contribution in [1.29, 1.82) is 0 Å². The second-order valence-corrected chi connectivity index (χ2v) is 9.96. The summed E-state index contributed by atoms with van der Waals surface area (Å²) in [6, 6.07) is 9.91. The van der Waals surface area contributed by atoms with Gasteiger partial charge in [-0.2, -0.15) is 0 Å². The number of carbonyl (C=O) groups is 2. The van der Waals surface area contributed by atoms with E-state index in [2.05, 4.69) is 5.32 Å². The lowest BCUT2D eigenvalue weighted by atomic mass is 10.1. The number of halogens is 2. The molecule has 0 spiro atoms. The first kappa shape index (κ1) is 23.2. The van der Waals surface area contributed by atoms with Crippen molar-refractivity contribution in [3.63, 3.8) is 0 Å². The minimum absolute atomic E-state index is 0.0285. The maximum atomic E-state index is 13.2. The van der Waals surface area contributed by atoms with Crippen LogP contribution < -0.4 is 9.62 Å². The van der Waals surface area contributed by atoms with E-state index in [4.69, 9.17) is 11.6 Å². The van der Waals surface area contributed by atoms with E-state index in [1.165, 1.54) is 30.3 Å². The van der Waals surface area contributed by atoms with Crippen LogP contribution in [0, 0.1) is 11.7 Å². The molecule has 1 heterocycles. The molecule has 7 nitrogen and oxygen atoms in total. The Kier molecular flexibility index (Phi) is 6.68. The van der Waals surface area contributed by atoms with Crippen LogP contribution in [-0.4, -0.2) is 51.5 Å². The molecule has 0 saturated carbocycles. The minimum atomic E-state index is -3.76. The highest BCUT2D eigenvalue weighted by atomic mass is 35.5. The molecule has 3 rings (SSSR count). The molecule has 0 bridgehead atoms. The van der Waals surface area contributed by atoms with Gasteiger partial charge in [-0.1, -0.05) is 30.7 Å². The van der Waals surface area contributed by atoms with Crippen LogP contribution in [-0.2, 0) is 14.8 Å². The fraction of sp³-hybridized carbons (Fsp3) is 0.333. The van der Waals surface area contributed by atoms with Gasteiger partial charge in [-0.3, -0.25) is 9.59 Å². The molecule has 1 saturated heterocycles. The van der Waals surface area contributed by atoms with Crippen molar-refractivity contribution in [3.05, 3.63) is 64.4 Å². The third-order valence-corrected chi connectivity index (χ3v) is 7.31. The standard InChI is InChI=1S/C21H23ClFN3O4S/c1-13-12-31(29,30)26(21(13)28)16-8-9-17(18(22)10-16)20(27)24-11-19(25(2)3)14-4-6-15(23)7-5-14/h4-10,13,19H,11-12H2,1-3H3,(H,24,27). The van der Waals surface area contributed by atoms with Gasteiger partial charge < -0.3 is 10.2 Å². The van der Waals surface area contributed by atoms with Gasteiger partial charge in [0.1, 0.15) is 5.82 Å². The van der Waals surface area contributed by atoms with Crippen LogP contribution in [0.3, 0.4) is 0 Å². The van der Waals surface area contributed by atoms with Crippen molar-refractivity contribution in [2.24, 2.45) is 5.92 Å². The largest absolute Gasteiger partial charge is 0.350 e. The third kappa shape index (κ3) is 4.89. The maximum absolute atomic E-state index is 13.2. The van der Waals surface area contributed by atoms with Crippen molar-refractivity contribution in [2.75, 3.05) is 30.7 Å².